The monoisotopic (exact) mass is 498 g/mol. The van der Waals surface area contributed by atoms with Gasteiger partial charge >= 0.3 is 24.1 Å². The normalized spacial score (nSPS) is 25.6. The molecule has 2 heterocycles. The first kappa shape index (κ1) is 28.7. The molecule has 0 spiro atoms. The second-order valence-electron chi connectivity index (χ2n) is 11.5. The van der Waals surface area contributed by atoms with Gasteiger partial charge in [-0.2, -0.15) is 0 Å². The van der Waals surface area contributed by atoms with Gasteiger partial charge < -0.3 is 19.3 Å². The predicted molar refractivity (Wildman–Crippen MR) is 128 cm³/mol. The second-order valence-corrected chi connectivity index (χ2v) is 11.5. The highest BCUT2D eigenvalue weighted by Crippen LogP contribution is 2.29. The van der Waals surface area contributed by atoms with E-state index >= 15 is 0 Å². The van der Waals surface area contributed by atoms with E-state index in [2.05, 4.69) is 0 Å². The number of carbonyl (C=O) groups is 4. The number of hydrogen-bond acceptors (Lipinski definition) is 7. The first-order valence-corrected chi connectivity index (χ1v) is 12.5. The average molecular weight is 499 g/mol. The first-order chi connectivity index (χ1) is 16.1. The molecule has 200 valence electrons. The molecule has 0 aliphatic carbocycles. The van der Waals surface area contributed by atoms with Crippen molar-refractivity contribution >= 4 is 24.1 Å². The molecule has 2 amide bonds. The second kappa shape index (κ2) is 11.5. The molecule has 2 fully saturated rings. The minimum atomic E-state index is -1.08. The highest BCUT2D eigenvalue weighted by atomic mass is 16.6. The van der Waals surface area contributed by atoms with Gasteiger partial charge in [0.05, 0.1) is 6.61 Å². The van der Waals surface area contributed by atoms with Gasteiger partial charge in [0.25, 0.3) is 0 Å². The molecule has 2 aliphatic heterocycles. The molecular formula is C25H42N2O8. The van der Waals surface area contributed by atoms with Crippen molar-refractivity contribution < 1.29 is 38.5 Å². The summed E-state index contributed by atoms with van der Waals surface area (Å²) in [5.74, 6) is -1.60. The summed E-state index contributed by atoms with van der Waals surface area (Å²) in [4.78, 5) is 53.1. The van der Waals surface area contributed by atoms with E-state index in [1.807, 2.05) is 6.92 Å². The molecule has 2 unspecified atom stereocenters. The molecule has 1 N–H and O–H groups in total. The van der Waals surface area contributed by atoms with Crippen molar-refractivity contribution in [3.05, 3.63) is 0 Å². The summed E-state index contributed by atoms with van der Waals surface area (Å²) in [6, 6.07) is -2.32. The van der Waals surface area contributed by atoms with Crippen molar-refractivity contribution in [2.45, 2.75) is 129 Å². The van der Waals surface area contributed by atoms with Crippen LogP contribution in [0.25, 0.3) is 0 Å². The summed E-state index contributed by atoms with van der Waals surface area (Å²) in [5, 5.41) is 9.66. The lowest BCUT2D eigenvalue weighted by molar-refractivity contribution is -0.154. The van der Waals surface area contributed by atoms with Crippen LogP contribution >= 0.6 is 0 Å². The van der Waals surface area contributed by atoms with E-state index in [0.717, 1.165) is 12.8 Å². The maximum Gasteiger partial charge on any atom is 0.411 e. The van der Waals surface area contributed by atoms with Crippen LogP contribution in [0.4, 0.5) is 9.59 Å². The molecule has 0 bridgehead atoms. The number of carboxylic acid groups (broad SMARTS) is 1. The standard InChI is InChI=1S/C25H42N2O8/c1-16-10-8-13-19(26(16)22(31)34-24(2,3)4)21(30)33-15-14-17-11-9-12-18(20(28)29)27(17)23(32)35-25(5,6)7/h16-19H,8-15H2,1-7H3,(H,28,29)/t16?,17-,18+,19?/m1/s1. The number of rotatable bonds is 5. The van der Waals surface area contributed by atoms with Crippen LogP contribution in [0.5, 0.6) is 0 Å². The van der Waals surface area contributed by atoms with Gasteiger partial charge in [-0.15, -0.1) is 0 Å². The number of ether oxygens (including phenoxy) is 3. The molecule has 4 atom stereocenters. The lowest BCUT2D eigenvalue weighted by atomic mass is 9.94. The Kier molecular flexibility index (Phi) is 9.42. The molecule has 0 aromatic rings. The van der Waals surface area contributed by atoms with E-state index in [4.69, 9.17) is 14.2 Å². The quantitative estimate of drug-likeness (QED) is 0.439. The molecule has 0 aromatic carbocycles. The maximum absolute atomic E-state index is 13.0. The van der Waals surface area contributed by atoms with Gasteiger partial charge in [-0.25, -0.2) is 19.2 Å². The summed E-state index contributed by atoms with van der Waals surface area (Å²) in [7, 11) is 0. The number of aliphatic carboxylic acids is 1. The van der Waals surface area contributed by atoms with Crippen LogP contribution in [0, 0.1) is 0 Å². The van der Waals surface area contributed by atoms with Crippen molar-refractivity contribution in [2.24, 2.45) is 0 Å². The molecule has 0 saturated carbocycles. The zero-order valence-electron chi connectivity index (χ0n) is 22.2. The van der Waals surface area contributed by atoms with Crippen LogP contribution in [0.2, 0.25) is 0 Å². The van der Waals surface area contributed by atoms with Crippen molar-refractivity contribution in [3.63, 3.8) is 0 Å². The van der Waals surface area contributed by atoms with Crippen LogP contribution < -0.4 is 0 Å². The van der Waals surface area contributed by atoms with Crippen LogP contribution in [-0.2, 0) is 23.8 Å². The SMILES string of the molecule is CC1CCCC(C(=O)OCC[C@H]2CCC[C@@H](C(=O)O)N2C(=O)OC(C)(C)C)N1C(=O)OC(C)(C)C. The Labute approximate surface area is 208 Å². The van der Waals surface area contributed by atoms with E-state index in [0.29, 0.717) is 25.7 Å². The zero-order chi connectivity index (χ0) is 26.6. The Balaban J connectivity index is 2.05. The van der Waals surface area contributed by atoms with Crippen molar-refractivity contribution in [1.29, 1.82) is 0 Å². The summed E-state index contributed by atoms with van der Waals surface area (Å²) >= 11 is 0. The number of nitrogens with zero attached hydrogens (tertiary/aromatic N) is 2. The number of piperidine rings is 2. The van der Waals surface area contributed by atoms with Crippen molar-refractivity contribution in [1.82, 2.24) is 9.80 Å². The number of likely N-dealkylation sites (tertiary alicyclic amines) is 2. The van der Waals surface area contributed by atoms with Gasteiger partial charge in [0.2, 0.25) is 0 Å². The summed E-state index contributed by atoms with van der Waals surface area (Å²) in [6.45, 7) is 12.4. The Morgan fingerprint density at radius 1 is 0.800 bits per heavy atom. The van der Waals surface area contributed by atoms with Crippen molar-refractivity contribution in [3.8, 4) is 0 Å². The predicted octanol–water partition coefficient (Wildman–Crippen LogP) is 4.34. The highest BCUT2D eigenvalue weighted by Gasteiger charge is 2.42. The fourth-order valence-corrected chi connectivity index (χ4v) is 4.63. The highest BCUT2D eigenvalue weighted by molar-refractivity contribution is 5.82. The fourth-order valence-electron chi connectivity index (χ4n) is 4.63. The Hall–Kier alpha value is -2.52. The number of amides is 2. The zero-order valence-corrected chi connectivity index (χ0v) is 22.2. The van der Waals surface area contributed by atoms with Crippen LogP contribution in [0.3, 0.4) is 0 Å². The molecule has 35 heavy (non-hydrogen) atoms. The van der Waals surface area contributed by atoms with Crippen LogP contribution in [0.15, 0.2) is 0 Å². The van der Waals surface area contributed by atoms with Crippen LogP contribution in [-0.4, -0.2) is 81.0 Å². The Morgan fingerprint density at radius 3 is 1.86 bits per heavy atom. The lowest BCUT2D eigenvalue weighted by Crippen LogP contribution is -2.55. The molecule has 2 aliphatic rings. The van der Waals surface area contributed by atoms with E-state index in [1.165, 1.54) is 9.80 Å². The average Bonchev–Trinajstić information content (AvgIpc) is 2.70. The van der Waals surface area contributed by atoms with Gasteiger partial charge in [-0.1, -0.05) is 0 Å². The van der Waals surface area contributed by atoms with E-state index in [9.17, 15) is 24.3 Å². The number of esters is 1. The Morgan fingerprint density at radius 2 is 1.31 bits per heavy atom. The van der Waals surface area contributed by atoms with E-state index in [-0.39, 0.29) is 19.1 Å². The van der Waals surface area contributed by atoms with Crippen LogP contribution in [0.1, 0.15) is 93.4 Å². The van der Waals surface area contributed by atoms with E-state index in [1.54, 1.807) is 41.5 Å². The fraction of sp³-hybridized carbons (Fsp3) is 0.840. The smallest absolute Gasteiger partial charge is 0.411 e. The van der Waals surface area contributed by atoms with Gasteiger partial charge in [0.15, 0.2) is 0 Å². The molecular weight excluding hydrogens is 456 g/mol. The molecule has 0 radical (unpaired) electrons. The third-order valence-electron chi connectivity index (χ3n) is 6.12. The third-order valence-corrected chi connectivity index (χ3v) is 6.12. The van der Waals surface area contributed by atoms with Gasteiger partial charge in [-0.05, 0) is 87.0 Å². The molecule has 10 nitrogen and oxygen atoms in total. The van der Waals surface area contributed by atoms with Gasteiger partial charge in [0.1, 0.15) is 23.3 Å². The topological polar surface area (TPSA) is 123 Å². The number of hydrogen-bond donors (Lipinski definition) is 1. The van der Waals surface area contributed by atoms with Crippen molar-refractivity contribution in [2.75, 3.05) is 6.61 Å². The molecule has 10 heteroatoms. The van der Waals surface area contributed by atoms with Gasteiger partial charge in [0, 0.05) is 18.5 Å². The minimum absolute atomic E-state index is 0.00216. The molecule has 2 rings (SSSR count). The Bertz CT molecular complexity index is 785. The first-order valence-electron chi connectivity index (χ1n) is 12.5. The number of carboxylic acids is 1. The summed E-state index contributed by atoms with van der Waals surface area (Å²) in [5.41, 5.74) is -1.45. The summed E-state index contributed by atoms with van der Waals surface area (Å²) < 4.78 is 16.5. The molecule has 2 saturated heterocycles. The van der Waals surface area contributed by atoms with Gasteiger partial charge in [-0.3, -0.25) is 9.80 Å². The number of carbonyl (C=O) groups excluding carboxylic acids is 3. The lowest BCUT2D eigenvalue weighted by Gasteiger charge is -2.41. The minimum Gasteiger partial charge on any atom is -0.480 e. The largest absolute Gasteiger partial charge is 0.480 e. The molecule has 0 aromatic heterocycles. The third kappa shape index (κ3) is 8.28. The maximum atomic E-state index is 13.0. The summed E-state index contributed by atoms with van der Waals surface area (Å²) in [6.07, 6.45) is 2.67. The van der Waals surface area contributed by atoms with E-state index < -0.39 is 53.5 Å².